The standard InChI is InChI=1S/C20H21NO/c22-19-14-17-12-7-13-18(19)20(15-8-3-1-4-9-15)21(17)16-10-5-2-6-11-16/h1-6,8-11,17-18,20H,7,12-14H2/t17-,18+,20+/m1/s1. The van der Waals surface area contributed by atoms with Crippen LogP contribution < -0.4 is 4.90 Å². The Kier molecular flexibility index (Phi) is 3.45. The lowest BCUT2D eigenvalue weighted by molar-refractivity contribution is -0.125. The van der Waals surface area contributed by atoms with Gasteiger partial charge >= 0.3 is 0 Å². The minimum Gasteiger partial charge on any atom is -0.360 e. The van der Waals surface area contributed by atoms with Gasteiger partial charge in [-0.3, -0.25) is 4.79 Å². The minimum absolute atomic E-state index is 0.140. The van der Waals surface area contributed by atoms with Crippen LogP contribution in [0, 0.1) is 5.92 Å². The van der Waals surface area contributed by atoms with Gasteiger partial charge in [-0.2, -0.15) is 0 Å². The van der Waals surface area contributed by atoms with Gasteiger partial charge in [0.05, 0.1) is 6.04 Å². The van der Waals surface area contributed by atoms with Crippen molar-refractivity contribution in [1.82, 2.24) is 0 Å². The molecule has 3 atom stereocenters. The number of hydrogen-bond donors (Lipinski definition) is 0. The maximum absolute atomic E-state index is 12.6. The van der Waals surface area contributed by atoms with Gasteiger partial charge in [0.1, 0.15) is 5.78 Å². The first-order valence-corrected chi connectivity index (χ1v) is 8.25. The molecule has 0 aromatic heterocycles. The summed E-state index contributed by atoms with van der Waals surface area (Å²) in [4.78, 5) is 15.1. The largest absolute Gasteiger partial charge is 0.360 e. The lowest BCUT2D eigenvalue weighted by Crippen LogP contribution is -2.48. The Morgan fingerprint density at radius 1 is 0.864 bits per heavy atom. The van der Waals surface area contributed by atoms with Crippen LogP contribution in [-0.2, 0) is 4.79 Å². The molecule has 22 heavy (non-hydrogen) atoms. The highest BCUT2D eigenvalue weighted by Crippen LogP contribution is 2.46. The molecule has 2 aliphatic heterocycles. The number of fused-ring (bicyclic) bond motifs is 4. The van der Waals surface area contributed by atoms with Crippen LogP contribution in [-0.4, -0.2) is 11.8 Å². The van der Waals surface area contributed by atoms with E-state index in [0.29, 0.717) is 18.2 Å². The van der Waals surface area contributed by atoms with E-state index >= 15 is 0 Å². The Balaban J connectivity index is 1.84. The first-order valence-electron chi connectivity index (χ1n) is 8.25. The number of piperidine rings is 1. The lowest BCUT2D eigenvalue weighted by Gasteiger charge is -2.45. The molecule has 3 aliphatic rings. The number of carbonyl (C=O) groups excluding carboxylic acids is 1. The zero-order valence-electron chi connectivity index (χ0n) is 12.7. The third-order valence-corrected chi connectivity index (χ3v) is 5.17. The number of hydrogen-bond acceptors (Lipinski definition) is 2. The summed E-state index contributed by atoms with van der Waals surface area (Å²) in [6.45, 7) is 0. The first-order chi connectivity index (χ1) is 10.8. The SMILES string of the molecule is O=C1C[C@H]2CCC[C@@H]1[C@H](c1ccccc1)N2c1ccccc1. The van der Waals surface area contributed by atoms with Crippen LogP contribution in [0.2, 0.25) is 0 Å². The van der Waals surface area contributed by atoms with E-state index in [1.165, 1.54) is 11.3 Å². The van der Waals surface area contributed by atoms with Crippen molar-refractivity contribution >= 4 is 11.5 Å². The number of benzene rings is 2. The summed E-state index contributed by atoms with van der Waals surface area (Å²) in [6.07, 6.45) is 4.02. The van der Waals surface area contributed by atoms with E-state index in [9.17, 15) is 4.79 Å². The fourth-order valence-electron chi connectivity index (χ4n) is 4.23. The Labute approximate surface area is 131 Å². The maximum Gasteiger partial charge on any atom is 0.140 e. The smallest absolute Gasteiger partial charge is 0.140 e. The van der Waals surface area contributed by atoms with E-state index in [1.807, 2.05) is 6.07 Å². The predicted molar refractivity (Wildman–Crippen MR) is 88.9 cm³/mol. The summed E-state index contributed by atoms with van der Waals surface area (Å²) in [5, 5.41) is 0. The van der Waals surface area contributed by atoms with Gasteiger partial charge in [-0.25, -0.2) is 0 Å². The molecule has 2 aromatic rings. The van der Waals surface area contributed by atoms with Crippen LogP contribution in [0.1, 0.15) is 37.3 Å². The van der Waals surface area contributed by atoms with Gasteiger partial charge < -0.3 is 4.90 Å². The molecule has 2 aromatic carbocycles. The summed E-state index contributed by atoms with van der Waals surface area (Å²) < 4.78 is 0. The maximum atomic E-state index is 12.6. The normalized spacial score (nSPS) is 27.7. The number of nitrogens with zero attached hydrogens (tertiary/aromatic N) is 1. The monoisotopic (exact) mass is 291 g/mol. The first kappa shape index (κ1) is 13.6. The predicted octanol–water partition coefficient (Wildman–Crippen LogP) is 4.38. The van der Waals surface area contributed by atoms with E-state index in [1.54, 1.807) is 0 Å². The summed E-state index contributed by atoms with van der Waals surface area (Å²) in [7, 11) is 0. The molecule has 0 unspecified atom stereocenters. The second kappa shape index (κ2) is 5.60. The molecule has 1 saturated carbocycles. The molecule has 0 amide bonds. The van der Waals surface area contributed by atoms with Gasteiger partial charge in [0, 0.05) is 24.1 Å². The van der Waals surface area contributed by atoms with Crippen LogP contribution in [0.15, 0.2) is 60.7 Å². The molecule has 2 heteroatoms. The Hall–Kier alpha value is -2.09. The third-order valence-electron chi connectivity index (χ3n) is 5.17. The Bertz CT molecular complexity index is 652. The number of para-hydroxylation sites is 1. The molecule has 2 nitrogen and oxygen atoms in total. The van der Waals surface area contributed by atoms with Gasteiger partial charge in [-0.1, -0.05) is 55.0 Å². The molecule has 2 heterocycles. The molecule has 0 N–H and O–H groups in total. The van der Waals surface area contributed by atoms with Crippen molar-refractivity contribution < 1.29 is 4.79 Å². The summed E-state index contributed by atoms with van der Waals surface area (Å²) >= 11 is 0. The van der Waals surface area contributed by atoms with E-state index in [2.05, 4.69) is 59.5 Å². The van der Waals surface area contributed by atoms with Crippen molar-refractivity contribution in [2.45, 2.75) is 37.8 Å². The minimum atomic E-state index is 0.140. The van der Waals surface area contributed by atoms with E-state index in [0.717, 1.165) is 19.3 Å². The molecule has 5 rings (SSSR count). The third kappa shape index (κ3) is 2.23. The van der Waals surface area contributed by atoms with Crippen LogP contribution >= 0.6 is 0 Å². The van der Waals surface area contributed by atoms with Crippen LogP contribution in [0.25, 0.3) is 0 Å². The summed E-state index contributed by atoms with van der Waals surface area (Å²) in [5.41, 5.74) is 2.53. The number of anilines is 1. The molecule has 3 fully saturated rings. The molecule has 1 aliphatic carbocycles. The van der Waals surface area contributed by atoms with E-state index < -0.39 is 0 Å². The molecule has 0 radical (unpaired) electrons. The topological polar surface area (TPSA) is 20.3 Å². The van der Waals surface area contributed by atoms with E-state index in [-0.39, 0.29) is 12.0 Å². The lowest BCUT2D eigenvalue weighted by atomic mass is 9.81. The van der Waals surface area contributed by atoms with Gasteiger partial charge in [0.25, 0.3) is 0 Å². The second-order valence-corrected chi connectivity index (χ2v) is 6.46. The van der Waals surface area contributed by atoms with Gasteiger partial charge in [0.2, 0.25) is 0 Å². The van der Waals surface area contributed by atoms with Crippen molar-refractivity contribution in [2.75, 3.05) is 4.90 Å². The molecule has 2 bridgehead atoms. The Morgan fingerprint density at radius 2 is 1.55 bits per heavy atom. The van der Waals surface area contributed by atoms with Crippen molar-refractivity contribution in [3.8, 4) is 0 Å². The second-order valence-electron chi connectivity index (χ2n) is 6.46. The Morgan fingerprint density at radius 3 is 2.27 bits per heavy atom. The van der Waals surface area contributed by atoms with Crippen molar-refractivity contribution in [2.24, 2.45) is 5.92 Å². The van der Waals surface area contributed by atoms with Crippen LogP contribution in [0.3, 0.4) is 0 Å². The highest BCUT2D eigenvalue weighted by atomic mass is 16.1. The number of carbonyl (C=O) groups is 1. The highest BCUT2D eigenvalue weighted by Gasteiger charge is 2.44. The van der Waals surface area contributed by atoms with Gasteiger partial charge in [0.15, 0.2) is 0 Å². The fourth-order valence-corrected chi connectivity index (χ4v) is 4.23. The number of ketones is 1. The fraction of sp³-hybridized carbons (Fsp3) is 0.350. The van der Waals surface area contributed by atoms with Crippen LogP contribution in [0.4, 0.5) is 5.69 Å². The van der Waals surface area contributed by atoms with Crippen LogP contribution in [0.5, 0.6) is 0 Å². The van der Waals surface area contributed by atoms with Gasteiger partial charge in [-0.05, 0) is 30.5 Å². The molecular weight excluding hydrogens is 270 g/mol. The summed E-state index contributed by atoms with van der Waals surface area (Å²) in [6, 6.07) is 21.7. The van der Waals surface area contributed by atoms with Crippen molar-refractivity contribution in [3.05, 3.63) is 66.2 Å². The molecular formula is C20H21NO. The highest BCUT2D eigenvalue weighted by molar-refractivity contribution is 5.85. The summed E-state index contributed by atoms with van der Waals surface area (Å²) in [5.74, 6) is 0.602. The van der Waals surface area contributed by atoms with Gasteiger partial charge in [-0.15, -0.1) is 0 Å². The zero-order chi connectivity index (χ0) is 14.9. The molecule has 112 valence electrons. The molecule has 0 spiro atoms. The average Bonchev–Trinajstić information content (AvgIpc) is 2.87. The quantitative estimate of drug-likeness (QED) is 0.818. The number of Topliss-reactive ketones (excluding diaryl/α,β-unsaturated/α-hetero) is 1. The number of rotatable bonds is 2. The van der Waals surface area contributed by atoms with E-state index in [4.69, 9.17) is 0 Å². The zero-order valence-corrected chi connectivity index (χ0v) is 12.7. The molecule has 2 saturated heterocycles. The van der Waals surface area contributed by atoms with Crippen molar-refractivity contribution in [1.29, 1.82) is 0 Å². The average molecular weight is 291 g/mol. The van der Waals surface area contributed by atoms with Crippen molar-refractivity contribution in [3.63, 3.8) is 0 Å².